The Hall–Kier alpha value is -0.260. The van der Waals surface area contributed by atoms with E-state index < -0.39 is 11.5 Å². The minimum Gasteiger partial charge on any atom is -0.480 e. The maximum absolute atomic E-state index is 11.2. The van der Waals surface area contributed by atoms with Gasteiger partial charge in [0.15, 0.2) is 0 Å². The van der Waals surface area contributed by atoms with Gasteiger partial charge in [-0.05, 0) is 38.5 Å². The molecule has 0 saturated heterocycles. The molecule has 0 heterocycles. The van der Waals surface area contributed by atoms with Crippen LogP contribution >= 0.6 is 11.8 Å². The third-order valence-corrected chi connectivity index (χ3v) is 4.38. The van der Waals surface area contributed by atoms with Gasteiger partial charge in [0.05, 0.1) is 0 Å². The summed E-state index contributed by atoms with van der Waals surface area (Å²) < 4.78 is 0. The number of carboxylic acids is 1. The molecular formula is C13H27NO3S. The summed E-state index contributed by atoms with van der Waals surface area (Å²) in [5, 5.41) is 21.5. The van der Waals surface area contributed by atoms with E-state index in [4.69, 9.17) is 5.11 Å². The number of hydrogen-bond acceptors (Lipinski definition) is 4. The Bertz CT molecular complexity index is 238. The quantitative estimate of drug-likeness (QED) is 0.505. The summed E-state index contributed by atoms with van der Waals surface area (Å²) in [5.74, 6) is 0.258. The predicted molar refractivity (Wildman–Crippen MR) is 77.2 cm³/mol. The highest BCUT2D eigenvalue weighted by molar-refractivity contribution is 7.99. The lowest BCUT2D eigenvalue weighted by Gasteiger charge is -2.25. The molecule has 0 aliphatic rings. The molecule has 0 aromatic carbocycles. The van der Waals surface area contributed by atoms with Gasteiger partial charge in [-0.2, -0.15) is 11.8 Å². The second-order valence-electron chi connectivity index (χ2n) is 4.82. The maximum atomic E-state index is 11.2. The fourth-order valence-electron chi connectivity index (χ4n) is 1.79. The van der Waals surface area contributed by atoms with Crippen molar-refractivity contribution < 1.29 is 15.0 Å². The van der Waals surface area contributed by atoms with E-state index in [0.29, 0.717) is 18.2 Å². The normalized spacial score (nSPS) is 16.2. The second-order valence-corrected chi connectivity index (χ2v) is 6.36. The van der Waals surface area contributed by atoms with Gasteiger partial charge in [-0.1, -0.05) is 20.3 Å². The van der Waals surface area contributed by atoms with Crippen molar-refractivity contribution in [3.63, 3.8) is 0 Å². The van der Waals surface area contributed by atoms with Crippen molar-refractivity contribution in [2.45, 2.75) is 57.2 Å². The minimum absolute atomic E-state index is 0.242. The minimum atomic E-state index is -0.796. The molecule has 4 nitrogen and oxygen atoms in total. The van der Waals surface area contributed by atoms with Gasteiger partial charge in [0.2, 0.25) is 0 Å². The van der Waals surface area contributed by atoms with Crippen molar-refractivity contribution in [1.82, 2.24) is 5.32 Å². The summed E-state index contributed by atoms with van der Waals surface area (Å²) >= 11 is 1.85. The van der Waals surface area contributed by atoms with Crippen LogP contribution in [0.4, 0.5) is 0 Å². The van der Waals surface area contributed by atoms with Gasteiger partial charge < -0.3 is 15.5 Å². The lowest BCUT2D eigenvalue weighted by Crippen LogP contribution is -2.49. The van der Waals surface area contributed by atoms with Crippen molar-refractivity contribution in [1.29, 1.82) is 0 Å². The fourth-order valence-corrected chi connectivity index (χ4v) is 2.84. The lowest BCUT2D eigenvalue weighted by molar-refractivity contribution is -0.144. The second kappa shape index (κ2) is 9.64. The molecule has 0 saturated carbocycles. The van der Waals surface area contributed by atoms with E-state index in [-0.39, 0.29) is 6.61 Å². The zero-order valence-electron chi connectivity index (χ0n) is 11.7. The summed E-state index contributed by atoms with van der Waals surface area (Å²) in [7, 11) is 0. The third-order valence-electron chi connectivity index (χ3n) is 3.05. The summed E-state index contributed by atoms with van der Waals surface area (Å²) in [6.45, 7) is 6.70. The Kier molecular flexibility index (Phi) is 9.50. The molecule has 108 valence electrons. The molecule has 0 aliphatic heterocycles. The monoisotopic (exact) mass is 277 g/mol. The number of aliphatic hydroxyl groups excluding tert-OH is 1. The van der Waals surface area contributed by atoms with Gasteiger partial charge in [0.1, 0.15) is 5.54 Å². The summed E-state index contributed by atoms with van der Waals surface area (Å²) in [6.07, 6.45) is 3.42. The molecule has 18 heavy (non-hydrogen) atoms. The van der Waals surface area contributed by atoms with Crippen LogP contribution in [0.5, 0.6) is 0 Å². The van der Waals surface area contributed by atoms with Crippen molar-refractivity contribution in [2.75, 3.05) is 18.9 Å². The summed E-state index contributed by atoms with van der Waals surface area (Å²) in [5.41, 5.74) is -0.796. The van der Waals surface area contributed by atoms with Gasteiger partial charge in [0, 0.05) is 11.9 Å². The fraction of sp³-hybridized carbons (Fsp3) is 0.923. The van der Waals surface area contributed by atoms with E-state index >= 15 is 0 Å². The number of aliphatic carboxylic acids is 1. The number of rotatable bonds is 11. The van der Waals surface area contributed by atoms with Crippen LogP contribution < -0.4 is 5.32 Å². The van der Waals surface area contributed by atoms with Gasteiger partial charge in [0.25, 0.3) is 0 Å². The molecular weight excluding hydrogens is 250 g/mol. The predicted octanol–water partition coefficient (Wildman–Crippen LogP) is 2.11. The number of nitrogens with one attached hydrogen (secondary N) is 1. The molecule has 2 unspecified atom stereocenters. The first-order chi connectivity index (χ1) is 8.46. The number of carboxylic acid groups (broad SMARTS) is 1. The van der Waals surface area contributed by atoms with E-state index in [1.807, 2.05) is 18.7 Å². The number of carbonyl (C=O) groups is 1. The first-order valence-corrected chi connectivity index (χ1v) is 7.72. The molecule has 0 fully saturated rings. The molecule has 5 heteroatoms. The van der Waals surface area contributed by atoms with Crippen LogP contribution in [-0.2, 0) is 4.79 Å². The number of thioether (sulfide) groups is 1. The van der Waals surface area contributed by atoms with Crippen molar-refractivity contribution in [3.05, 3.63) is 0 Å². The molecule has 0 aromatic heterocycles. The molecule has 0 amide bonds. The van der Waals surface area contributed by atoms with Crippen molar-refractivity contribution in [2.24, 2.45) is 0 Å². The zero-order valence-corrected chi connectivity index (χ0v) is 12.6. The number of hydrogen-bond donors (Lipinski definition) is 3. The van der Waals surface area contributed by atoms with Gasteiger partial charge in [-0.25, -0.2) is 0 Å². The zero-order chi connectivity index (χ0) is 14.0. The average molecular weight is 277 g/mol. The van der Waals surface area contributed by atoms with E-state index in [0.717, 1.165) is 25.0 Å². The Morgan fingerprint density at radius 2 is 2.11 bits per heavy atom. The number of likely N-dealkylation sites (N-methyl/N-ethyl adjacent to an activating group) is 1. The highest BCUT2D eigenvalue weighted by atomic mass is 32.2. The van der Waals surface area contributed by atoms with Gasteiger partial charge in [-0.3, -0.25) is 4.79 Å². The Balaban J connectivity index is 3.77. The summed E-state index contributed by atoms with van der Waals surface area (Å²) in [6, 6.07) is 0. The molecule has 0 aliphatic carbocycles. The van der Waals surface area contributed by atoms with E-state index in [9.17, 15) is 9.90 Å². The van der Waals surface area contributed by atoms with Crippen LogP contribution in [0, 0.1) is 0 Å². The van der Waals surface area contributed by atoms with E-state index in [1.54, 1.807) is 6.92 Å². The topological polar surface area (TPSA) is 69.6 Å². The molecule has 0 radical (unpaired) electrons. The molecule has 3 N–H and O–H groups in total. The Morgan fingerprint density at radius 1 is 1.44 bits per heavy atom. The first-order valence-electron chi connectivity index (χ1n) is 6.67. The smallest absolute Gasteiger partial charge is 0.323 e. The summed E-state index contributed by atoms with van der Waals surface area (Å²) in [4.78, 5) is 11.2. The van der Waals surface area contributed by atoms with Gasteiger partial charge in [-0.15, -0.1) is 0 Å². The molecule has 0 bridgehead atoms. The third kappa shape index (κ3) is 7.24. The molecule has 0 aromatic rings. The largest absolute Gasteiger partial charge is 0.480 e. The van der Waals surface area contributed by atoms with Crippen LogP contribution in [0.3, 0.4) is 0 Å². The van der Waals surface area contributed by atoms with Crippen LogP contribution in [0.2, 0.25) is 0 Å². The SMILES string of the molecule is CCNC(C)(CCCCSC(C)CCO)C(=O)O. The molecule has 0 rings (SSSR count). The van der Waals surface area contributed by atoms with E-state index in [1.165, 1.54) is 0 Å². The van der Waals surface area contributed by atoms with Crippen LogP contribution in [0.1, 0.15) is 46.5 Å². The van der Waals surface area contributed by atoms with Crippen LogP contribution in [0.15, 0.2) is 0 Å². The lowest BCUT2D eigenvalue weighted by atomic mass is 9.95. The molecule has 0 spiro atoms. The standard InChI is InChI=1S/C13H27NO3S/c1-4-14-13(3,12(16)17)8-5-6-10-18-11(2)7-9-15/h11,14-15H,4-10H2,1-3H3,(H,16,17). The Morgan fingerprint density at radius 3 is 2.61 bits per heavy atom. The van der Waals surface area contributed by atoms with Crippen molar-refractivity contribution in [3.8, 4) is 0 Å². The first kappa shape index (κ1) is 17.7. The van der Waals surface area contributed by atoms with Gasteiger partial charge >= 0.3 is 5.97 Å². The van der Waals surface area contributed by atoms with Crippen molar-refractivity contribution >= 4 is 17.7 Å². The van der Waals surface area contributed by atoms with E-state index in [2.05, 4.69) is 12.2 Å². The Labute approximate surface area is 115 Å². The highest BCUT2D eigenvalue weighted by Crippen LogP contribution is 2.19. The van der Waals surface area contributed by atoms with Crippen LogP contribution in [0.25, 0.3) is 0 Å². The van der Waals surface area contributed by atoms with Crippen LogP contribution in [-0.4, -0.2) is 45.9 Å². The highest BCUT2D eigenvalue weighted by Gasteiger charge is 2.30. The maximum Gasteiger partial charge on any atom is 0.323 e. The average Bonchev–Trinajstić information content (AvgIpc) is 2.29. The number of aliphatic hydroxyl groups is 1. The number of unbranched alkanes of at least 4 members (excludes halogenated alkanes) is 1. The molecule has 2 atom stereocenters.